The minimum atomic E-state index is -0.307. The van der Waals surface area contributed by atoms with Gasteiger partial charge in [0.2, 0.25) is 0 Å². The molecule has 6 nitrogen and oxygen atoms in total. The van der Waals surface area contributed by atoms with E-state index in [1.165, 1.54) is 0 Å². The molecule has 0 aliphatic rings. The fourth-order valence-electron chi connectivity index (χ4n) is 3.22. The Kier molecular flexibility index (Phi) is 15.5. The zero-order chi connectivity index (χ0) is 23.5. The van der Waals surface area contributed by atoms with Crippen molar-refractivity contribution in [1.82, 2.24) is 0 Å². The molecular weight excluding hydrogens is 406 g/mol. The summed E-state index contributed by atoms with van der Waals surface area (Å²) in [6.07, 6.45) is 1.87. The highest BCUT2D eigenvalue weighted by Crippen LogP contribution is 2.07. The van der Waals surface area contributed by atoms with Gasteiger partial charge >= 0.3 is 5.97 Å². The summed E-state index contributed by atoms with van der Waals surface area (Å²) in [4.78, 5) is 12.0. The molecule has 1 rings (SSSR count). The number of ether oxygens (including phenoxy) is 4. The molecule has 0 aromatic heterocycles. The Bertz CT molecular complexity index is 683. The lowest BCUT2D eigenvalue weighted by molar-refractivity contribution is -0.923. The van der Waals surface area contributed by atoms with Crippen molar-refractivity contribution in [3.63, 3.8) is 0 Å². The van der Waals surface area contributed by atoms with Crippen molar-refractivity contribution in [2.24, 2.45) is 0 Å². The number of nitrogens with zero attached hydrogens (tertiary/aromatic N) is 1. The Morgan fingerprint density at radius 2 is 1.53 bits per heavy atom. The number of benzene rings is 1. The van der Waals surface area contributed by atoms with Crippen LogP contribution in [0.15, 0.2) is 24.3 Å². The van der Waals surface area contributed by atoms with Crippen LogP contribution in [0.1, 0.15) is 56.5 Å². The number of carbonyl (C=O) groups is 1. The van der Waals surface area contributed by atoms with Crippen LogP contribution in [0.2, 0.25) is 0 Å². The third kappa shape index (κ3) is 11.6. The molecule has 6 heteroatoms. The second kappa shape index (κ2) is 17.6. The molecule has 0 amide bonds. The van der Waals surface area contributed by atoms with Crippen LogP contribution >= 0.6 is 0 Å². The molecule has 0 radical (unpaired) electrons. The van der Waals surface area contributed by atoms with Crippen LogP contribution in [0.25, 0.3) is 0 Å². The van der Waals surface area contributed by atoms with Gasteiger partial charge in [0.15, 0.2) is 0 Å². The van der Waals surface area contributed by atoms with Crippen molar-refractivity contribution in [3.05, 3.63) is 35.4 Å². The highest BCUT2D eigenvalue weighted by Gasteiger charge is 2.19. The lowest BCUT2D eigenvalue weighted by Gasteiger charge is -2.35. The smallest absolute Gasteiger partial charge is 0.338 e. The minimum Gasteiger partial charge on any atom is -0.462 e. The van der Waals surface area contributed by atoms with E-state index in [2.05, 4.69) is 39.5 Å². The predicted octanol–water partition coefficient (Wildman–Crippen LogP) is 3.92. The van der Waals surface area contributed by atoms with E-state index in [1.807, 2.05) is 12.1 Å². The van der Waals surface area contributed by atoms with E-state index in [0.717, 1.165) is 55.7 Å². The van der Waals surface area contributed by atoms with E-state index >= 15 is 0 Å². The lowest BCUT2D eigenvalue weighted by Crippen LogP contribution is -2.49. The largest absolute Gasteiger partial charge is 0.462 e. The van der Waals surface area contributed by atoms with Gasteiger partial charge in [0, 0.05) is 5.56 Å². The van der Waals surface area contributed by atoms with Crippen molar-refractivity contribution in [2.75, 3.05) is 72.4 Å². The first-order chi connectivity index (χ1) is 15.6. The Labute approximate surface area is 194 Å². The number of unbranched alkanes of at least 4 members (excludes halogenated alkanes) is 1. The quantitative estimate of drug-likeness (QED) is 0.156. The summed E-state index contributed by atoms with van der Waals surface area (Å²) < 4.78 is 23.1. The third-order valence-electron chi connectivity index (χ3n) is 5.70. The van der Waals surface area contributed by atoms with Gasteiger partial charge in [-0.1, -0.05) is 31.3 Å². The first kappa shape index (κ1) is 28.1. The molecule has 0 bridgehead atoms. The molecule has 0 N–H and O–H groups in total. The topological polar surface area (TPSA) is 54.0 Å². The first-order valence-electron chi connectivity index (χ1n) is 11.9. The summed E-state index contributed by atoms with van der Waals surface area (Å²) in [6.45, 7) is 17.0. The molecule has 1 aromatic carbocycles. The minimum absolute atomic E-state index is 0.307. The number of hydrogen-bond acceptors (Lipinski definition) is 5. The van der Waals surface area contributed by atoms with Crippen LogP contribution in [0.3, 0.4) is 0 Å². The summed E-state index contributed by atoms with van der Waals surface area (Å²) >= 11 is 0. The van der Waals surface area contributed by atoms with E-state index in [0.29, 0.717) is 45.2 Å². The molecule has 0 spiro atoms. The Morgan fingerprint density at radius 1 is 0.875 bits per heavy atom. The van der Waals surface area contributed by atoms with Gasteiger partial charge < -0.3 is 23.4 Å². The molecule has 1 aromatic rings. The van der Waals surface area contributed by atoms with E-state index in [4.69, 9.17) is 18.9 Å². The molecule has 0 fully saturated rings. The molecule has 0 unspecified atom stereocenters. The Hall–Kier alpha value is -1.91. The Morgan fingerprint density at radius 3 is 2.19 bits per heavy atom. The molecular formula is C26H42NO5+. The molecule has 0 saturated carbocycles. The van der Waals surface area contributed by atoms with Gasteiger partial charge in [-0.05, 0) is 45.4 Å². The van der Waals surface area contributed by atoms with E-state index in [1.54, 1.807) is 12.1 Å². The van der Waals surface area contributed by atoms with E-state index in [9.17, 15) is 4.79 Å². The van der Waals surface area contributed by atoms with Crippen LogP contribution in [0, 0.1) is 11.8 Å². The number of likely N-dealkylation sites (N-methyl/N-ethyl adjacent to an activating group) is 1. The van der Waals surface area contributed by atoms with Crippen molar-refractivity contribution < 1.29 is 28.2 Å². The monoisotopic (exact) mass is 448 g/mol. The maximum atomic E-state index is 12.0. The SMILES string of the molecule is CCCCOC(=O)c1cccc(C#CCOCCOCCOCC[N+](CC)(CC)CC)c1. The number of carbonyl (C=O) groups excluding carboxylic acids is 1. The van der Waals surface area contributed by atoms with Crippen LogP contribution in [0.5, 0.6) is 0 Å². The van der Waals surface area contributed by atoms with Crippen molar-refractivity contribution >= 4 is 5.97 Å². The van der Waals surface area contributed by atoms with Gasteiger partial charge in [0.05, 0.1) is 64.8 Å². The van der Waals surface area contributed by atoms with Crippen molar-refractivity contribution in [1.29, 1.82) is 0 Å². The fourth-order valence-corrected chi connectivity index (χ4v) is 3.22. The molecule has 0 saturated heterocycles. The van der Waals surface area contributed by atoms with E-state index < -0.39 is 0 Å². The summed E-state index contributed by atoms with van der Waals surface area (Å²) in [5.74, 6) is 5.67. The molecule has 32 heavy (non-hydrogen) atoms. The third-order valence-corrected chi connectivity index (χ3v) is 5.70. The average molecular weight is 449 g/mol. The fraction of sp³-hybridized carbons (Fsp3) is 0.654. The molecule has 180 valence electrons. The van der Waals surface area contributed by atoms with Crippen LogP contribution in [-0.2, 0) is 18.9 Å². The van der Waals surface area contributed by atoms with Crippen molar-refractivity contribution in [3.8, 4) is 11.8 Å². The highest BCUT2D eigenvalue weighted by molar-refractivity contribution is 5.89. The van der Waals surface area contributed by atoms with Crippen LogP contribution < -0.4 is 0 Å². The summed E-state index contributed by atoms with van der Waals surface area (Å²) in [5.41, 5.74) is 1.29. The van der Waals surface area contributed by atoms with Crippen LogP contribution in [0.4, 0.5) is 0 Å². The standard InChI is InChI=1S/C26H42NO5/c1-5-9-17-32-26(28)25-14-10-12-24(23-25)13-11-16-29-19-21-31-22-20-30-18-15-27(6-2,7-3)8-4/h10,12,14,23H,5-9,15-22H2,1-4H3/q+1. The second-order valence-electron chi connectivity index (χ2n) is 7.66. The first-order valence-corrected chi connectivity index (χ1v) is 11.9. The molecule has 0 aliphatic carbocycles. The summed E-state index contributed by atoms with van der Waals surface area (Å²) in [7, 11) is 0. The zero-order valence-electron chi connectivity index (χ0n) is 20.5. The van der Waals surface area contributed by atoms with E-state index in [-0.39, 0.29) is 5.97 Å². The zero-order valence-corrected chi connectivity index (χ0v) is 20.5. The second-order valence-corrected chi connectivity index (χ2v) is 7.66. The maximum Gasteiger partial charge on any atom is 0.338 e. The summed E-state index contributed by atoms with van der Waals surface area (Å²) in [5, 5.41) is 0. The van der Waals surface area contributed by atoms with Crippen LogP contribution in [-0.4, -0.2) is 82.9 Å². The number of esters is 1. The molecule has 0 atom stereocenters. The predicted molar refractivity (Wildman–Crippen MR) is 128 cm³/mol. The van der Waals surface area contributed by atoms with Gasteiger partial charge in [-0.15, -0.1) is 0 Å². The van der Waals surface area contributed by atoms with Crippen molar-refractivity contribution in [2.45, 2.75) is 40.5 Å². The number of rotatable bonds is 17. The highest BCUT2D eigenvalue weighted by atomic mass is 16.5. The van der Waals surface area contributed by atoms with Gasteiger partial charge in [-0.25, -0.2) is 4.79 Å². The van der Waals surface area contributed by atoms with Gasteiger partial charge in [-0.3, -0.25) is 0 Å². The van der Waals surface area contributed by atoms with Gasteiger partial charge in [0.1, 0.15) is 13.2 Å². The maximum absolute atomic E-state index is 12.0. The number of quaternary nitrogens is 1. The molecule has 0 aliphatic heterocycles. The molecule has 0 heterocycles. The number of hydrogen-bond donors (Lipinski definition) is 0. The van der Waals surface area contributed by atoms with Gasteiger partial charge in [0.25, 0.3) is 0 Å². The Balaban J connectivity index is 2.12. The van der Waals surface area contributed by atoms with Gasteiger partial charge in [-0.2, -0.15) is 0 Å². The average Bonchev–Trinajstić information content (AvgIpc) is 2.83. The lowest BCUT2D eigenvalue weighted by atomic mass is 10.1. The normalized spacial score (nSPS) is 11.1. The summed E-state index contributed by atoms with van der Waals surface area (Å²) in [6, 6.07) is 7.16.